The second-order valence-electron chi connectivity index (χ2n) is 6.79. The highest BCUT2D eigenvalue weighted by molar-refractivity contribution is 6.04. The molecule has 1 saturated heterocycles. The molecular weight excluding hydrogens is 361 g/mol. The quantitative estimate of drug-likeness (QED) is 0.714. The Kier molecular flexibility index (Phi) is 6.38. The lowest BCUT2D eigenvalue weighted by Gasteiger charge is -2.34. The fraction of sp³-hybridized carbons (Fsp3) is 0.333. The number of carbonyl (C=O) groups excluding carboxylic acids is 2. The van der Waals surface area contributed by atoms with E-state index < -0.39 is 5.60 Å². The van der Waals surface area contributed by atoms with Crippen LogP contribution in [0.4, 0.5) is 10.1 Å². The van der Waals surface area contributed by atoms with E-state index in [9.17, 15) is 14.0 Å². The summed E-state index contributed by atoms with van der Waals surface area (Å²) in [6.45, 7) is 1.86. The van der Waals surface area contributed by atoms with Crippen LogP contribution in [0.5, 0.6) is 0 Å². The van der Waals surface area contributed by atoms with Crippen molar-refractivity contribution in [1.29, 1.82) is 0 Å². The van der Waals surface area contributed by atoms with Crippen molar-refractivity contribution in [3.63, 3.8) is 0 Å². The minimum absolute atomic E-state index is 0.116. The van der Waals surface area contributed by atoms with E-state index in [0.717, 1.165) is 18.7 Å². The smallest absolute Gasteiger partial charge is 0.255 e. The molecule has 0 saturated carbocycles. The van der Waals surface area contributed by atoms with Crippen LogP contribution < -0.4 is 16.0 Å². The molecular formula is C21H24FN3O3. The van der Waals surface area contributed by atoms with Crippen LogP contribution in [0.15, 0.2) is 48.5 Å². The van der Waals surface area contributed by atoms with Crippen molar-refractivity contribution in [2.45, 2.75) is 25.0 Å². The average molecular weight is 385 g/mol. The maximum atomic E-state index is 12.9. The number of ether oxygens (including phenoxy) is 1. The largest absolute Gasteiger partial charge is 0.368 e. The topological polar surface area (TPSA) is 79.5 Å². The second-order valence-corrected chi connectivity index (χ2v) is 6.79. The van der Waals surface area contributed by atoms with Crippen molar-refractivity contribution in [3.8, 4) is 0 Å². The molecule has 1 aliphatic heterocycles. The molecule has 3 N–H and O–H groups in total. The minimum atomic E-state index is -0.778. The third-order valence-corrected chi connectivity index (χ3v) is 4.99. The van der Waals surface area contributed by atoms with Crippen LogP contribution >= 0.6 is 0 Å². The summed E-state index contributed by atoms with van der Waals surface area (Å²) in [7, 11) is 1.57. The van der Waals surface area contributed by atoms with E-state index in [1.165, 1.54) is 24.3 Å². The molecule has 1 fully saturated rings. The van der Waals surface area contributed by atoms with Gasteiger partial charge in [-0.15, -0.1) is 0 Å². The molecule has 6 nitrogen and oxygen atoms in total. The third kappa shape index (κ3) is 4.74. The lowest BCUT2D eigenvalue weighted by atomic mass is 9.91. The van der Waals surface area contributed by atoms with Gasteiger partial charge in [-0.2, -0.15) is 0 Å². The van der Waals surface area contributed by atoms with Crippen LogP contribution in [-0.4, -0.2) is 37.6 Å². The van der Waals surface area contributed by atoms with Gasteiger partial charge in [-0.05, 0) is 67.9 Å². The normalized spacial score (nSPS) is 15.6. The van der Waals surface area contributed by atoms with Gasteiger partial charge in [0.2, 0.25) is 0 Å². The van der Waals surface area contributed by atoms with Crippen molar-refractivity contribution in [3.05, 3.63) is 65.5 Å². The van der Waals surface area contributed by atoms with E-state index in [4.69, 9.17) is 4.74 Å². The molecule has 0 unspecified atom stereocenters. The van der Waals surface area contributed by atoms with Crippen LogP contribution in [0.25, 0.3) is 0 Å². The molecule has 2 amide bonds. The van der Waals surface area contributed by atoms with Gasteiger partial charge in [-0.1, -0.05) is 12.1 Å². The lowest BCUT2D eigenvalue weighted by Crippen LogP contribution is -2.53. The number of nitrogens with one attached hydrogen (secondary N) is 3. The predicted octanol–water partition coefficient (Wildman–Crippen LogP) is 2.46. The number of benzene rings is 2. The second kappa shape index (κ2) is 8.95. The van der Waals surface area contributed by atoms with Gasteiger partial charge in [0.15, 0.2) is 0 Å². The van der Waals surface area contributed by atoms with Crippen LogP contribution in [0.2, 0.25) is 0 Å². The molecule has 2 aromatic rings. The van der Waals surface area contributed by atoms with Gasteiger partial charge in [0, 0.05) is 24.9 Å². The van der Waals surface area contributed by atoms with E-state index in [2.05, 4.69) is 16.0 Å². The Morgan fingerprint density at radius 2 is 1.71 bits per heavy atom. The number of halogens is 1. The molecule has 1 heterocycles. The fourth-order valence-electron chi connectivity index (χ4n) is 3.21. The molecule has 28 heavy (non-hydrogen) atoms. The van der Waals surface area contributed by atoms with Gasteiger partial charge in [-0.3, -0.25) is 9.59 Å². The first-order chi connectivity index (χ1) is 13.5. The van der Waals surface area contributed by atoms with Crippen LogP contribution in [0.3, 0.4) is 0 Å². The highest BCUT2D eigenvalue weighted by Crippen LogP contribution is 2.22. The van der Waals surface area contributed by atoms with Gasteiger partial charge in [0.05, 0.1) is 0 Å². The standard InChI is InChI=1S/C21H24FN3O3/c1-28-21(10-12-23-13-11-21)20(27)24-14-15-2-4-16(5-3-15)19(26)25-18-8-6-17(22)7-9-18/h2-9,23H,10-14H2,1H3,(H,24,27)(H,25,26). The van der Waals surface area contributed by atoms with E-state index in [-0.39, 0.29) is 17.6 Å². The number of carbonyl (C=O) groups is 2. The highest BCUT2D eigenvalue weighted by Gasteiger charge is 2.39. The molecule has 2 aromatic carbocycles. The van der Waals surface area contributed by atoms with E-state index in [1.807, 2.05) is 0 Å². The van der Waals surface area contributed by atoms with Crippen LogP contribution in [0, 0.1) is 5.82 Å². The van der Waals surface area contributed by atoms with Crippen molar-refractivity contribution in [2.75, 3.05) is 25.5 Å². The van der Waals surface area contributed by atoms with Gasteiger partial charge >= 0.3 is 0 Å². The summed E-state index contributed by atoms with van der Waals surface area (Å²) < 4.78 is 18.4. The summed E-state index contributed by atoms with van der Waals surface area (Å²) in [6, 6.07) is 12.6. The Morgan fingerprint density at radius 3 is 2.32 bits per heavy atom. The number of hydrogen-bond acceptors (Lipinski definition) is 4. The summed E-state index contributed by atoms with van der Waals surface area (Å²) in [5, 5.41) is 8.86. The van der Waals surface area contributed by atoms with Gasteiger partial charge in [-0.25, -0.2) is 4.39 Å². The molecule has 0 aromatic heterocycles. The molecule has 0 atom stereocenters. The average Bonchev–Trinajstić information content (AvgIpc) is 2.74. The zero-order valence-corrected chi connectivity index (χ0v) is 15.8. The summed E-state index contributed by atoms with van der Waals surface area (Å²) >= 11 is 0. The number of methoxy groups -OCH3 is 1. The molecule has 0 radical (unpaired) electrons. The number of rotatable bonds is 6. The summed E-state index contributed by atoms with van der Waals surface area (Å²) in [4.78, 5) is 24.8. The van der Waals surface area contributed by atoms with Gasteiger partial charge in [0.1, 0.15) is 11.4 Å². The Balaban J connectivity index is 1.56. The first-order valence-corrected chi connectivity index (χ1v) is 9.22. The van der Waals surface area contributed by atoms with Crippen molar-refractivity contribution in [1.82, 2.24) is 10.6 Å². The summed E-state index contributed by atoms with van der Waals surface area (Å²) in [5.74, 6) is -0.756. The van der Waals surface area contributed by atoms with Gasteiger partial charge < -0.3 is 20.7 Å². The highest BCUT2D eigenvalue weighted by atomic mass is 19.1. The fourth-order valence-corrected chi connectivity index (χ4v) is 3.21. The van der Waals surface area contributed by atoms with Crippen molar-refractivity contribution in [2.24, 2.45) is 0 Å². The first-order valence-electron chi connectivity index (χ1n) is 9.22. The molecule has 0 spiro atoms. The zero-order chi connectivity index (χ0) is 20.0. The summed E-state index contributed by atoms with van der Waals surface area (Å²) in [5.41, 5.74) is 1.10. The van der Waals surface area contributed by atoms with Crippen molar-refractivity contribution >= 4 is 17.5 Å². The molecule has 0 bridgehead atoms. The first kappa shape index (κ1) is 20.0. The number of amides is 2. The lowest BCUT2D eigenvalue weighted by molar-refractivity contribution is -0.146. The Morgan fingerprint density at radius 1 is 1.07 bits per heavy atom. The van der Waals surface area contributed by atoms with E-state index in [0.29, 0.717) is 30.6 Å². The minimum Gasteiger partial charge on any atom is -0.368 e. The maximum absolute atomic E-state index is 12.9. The number of hydrogen-bond donors (Lipinski definition) is 3. The molecule has 1 aliphatic rings. The molecule has 148 valence electrons. The SMILES string of the molecule is COC1(C(=O)NCc2ccc(C(=O)Nc3ccc(F)cc3)cc2)CCNCC1. The van der Waals surface area contributed by atoms with Gasteiger partial charge in [0.25, 0.3) is 11.8 Å². The monoisotopic (exact) mass is 385 g/mol. The Hall–Kier alpha value is -2.77. The van der Waals surface area contributed by atoms with E-state index in [1.54, 1.807) is 31.4 Å². The molecule has 3 rings (SSSR count). The Labute approximate surface area is 163 Å². The molecule has 0 aliphatic carbocycles. The van der Waals surface area contributed by atoms with Crippen molar-refractivity contribution < 1.29 is 18.7 Å². The number of piperidine rings is 1. The zero-order valence-electron chi connectivity index (χ0n) is 15.8. The summed E-state index contributed by atoms with van der Waals surface area (Å²) in [6.07, 6.45) is 1.27. The van der Waals surface area contributed by atoms with E-state index >= 15 is 0 Å². The van der Waals surface area contributed by atoms with Crippen LogP contribution in [-0.2, 0) is 16.1 Å². The maximum Gasteiger partial charge on any atom is 0.255 e. The number of anilines is 1. The third-order valence-electron chi connectivity index (χ3n) is 4.99. The molecule has 7 heteroatoms. The van der Waals surface area contributed by atoms with Crippen LogP contribution in [0.1, 0.15) is 28.8 Å². The Bertz CT molecular complexity index is 816. The predicted molar refractivity (Wildman–Crippen MR) is 104 cm³/mol.